The van der Waals surface area contributed by atoms with E-state index in [0.29, 0.717) is 24.6 Å². The molecule has 1 amide bonds. The van der Waals surface area contributed by atoms with Crippen LogP contribution in [0.4, 0.5) is 5.95 Å². The summed E-state index contributed by atoms with van der Waals surface area (Å²) in [7, 11) is 3.27. The van der Waals surface area contributed by atoms with Gasteiger partial charge in [-0.15, -0.1) is 0 Å². The zero-order chi connectivity index (χ0) is 20.5. The molecule has 2 N–H and O–H groups in total. The fraction of sp³-hybridized carbons (Fsp3) is 0.227. The first kappa shape index (κ1) is 20.1. The molecule has 0 saturated carbocycles. The second-order valence-corrected chi connectivity index (χ2v) is 6.35. The van der Waals surface area contributed by atoms with E-state index in [1.54, 1.807) is 14.2 Å². The van der Waals surface area contributed by atoms with Gasteiger partial charge in [-0.05, 0) is 41.8 Å². The number of nitrogens with zero attached hydrogens (tertiary/aromatic N) is 2. The molecule has 29 heavy (non-hydrogen) atoms. The van der Waals surface area contributed by atoms with Crippen LogP contribution in [0, 0.1) is 0 Å². The molecule has 0 aliphatic carbocycles. The summed E-state index contributed by atoms with van der Waals surface area (Å²) in [4.78, 5) is 20.7. The highest BCUT2D eigenvalue weighted by atomic mass is 16.5. The first-order chi connectivity index (χ1) is 14.2. The molecule has 0 unspecified atom stereocenters. The van der Waals surface area contributed by atoms with Crippen molar-refractivity contribution in [3.05, 3.63) is 77.6 Å². The molecule has 0 bridgehead atoms. The maximum absolute atomic E-state index is 12.3. The van der Waals surface area contributed by atoms with Crippen LogP contribution >= 0.6 is 0 Å². The molecule has 0 radical (unpaired) electrons. The summed E-state index contributed by atoms with van der Waals surface area (Å²) < 4.78 is 10.3. The Morgan fingerprint density at radius 3 is 2.34 bits per heavy atom. The number of methoxy groups -OCH3 is 2. The lowest BCUT2D eigenvalue weighted by molar-refractivity contribution is 0.0950. The van der Waals surface area contributed by atoms with E-state index in [4.69, 9.17) is 9.47 Å². The average Bonchev–Trinajstić information content (AvgIpc) is 2.78. The summed E-state index contributed by atoms with van der Waals surface area (Å²) in [6, 6.07) is 15.5. The zero-order valence-electron chi connectivity index (χ0n) is 16.5. The third-order valence-electron chi connectivity index (χ3n) is 4.36. The van der Waals surface area contributed by atoms with E-state index in [9.17, 15) is 4.79 Å². The number of ether oxygens (including phenoxy) is 2. The highest BCUT2D eigenvalue weighted by molar-refractivity contribution is 5.93. The van der Waals surface area contributed by atoms with Gasteiger partial charge in [0.05, 0.1) is 19.8 Å². The molecule has 3 aromatic rings. The molecule has 1 aromatic heterocycles. The predicted molar refractivity (Wildman–Crippen MR) is 111 cm³/mol. The van der Waals surface area contributed by atoms with Gasteiger partial charge in [0.25, 0.3) is 5.91 Å². The van der Waals surface area contributed by atoms with Gasteiger partial charge >= 0.3 is 0 Å². The van der Waals surface area contributed by atoms with Gasteiger partial charge in [-0.1, -0.05) is 24.3 Å². The Labute approximate surface area is 170 Å². The quantitative estimate of drug-likeness (QED) is 0.582. The van der Waals surface area contributed by atoms with Gasteiger partial charge in [-0.3, -0.25) is 4.79 Å². The van der Waals surface area contributed by atoms with Crippen molar-refractivity contribution < 1.29 is 14.3 Å². The molecule has 2 aromatic carbocycles. The fourth-order valence-electron chi connectivity index (χ4n) is 2.71. The van der Waals surface area contributed by atoms with E-state index in [-0.39, 0.29) is 5.91 Å². The van der Waals surface area contributed by atoms with Crippen LogP contribution in [-0.4, -0.2) is 36.6 Å². The Balaban J connectivity index is 1.46. The van der Waals surface area contributed by atoms with Gasteiger partial charge in [0.15, 0.2) is 0 Å². The topological polar surface area (TPSA) is 85.4 Å². The van der Waals surface area contributed by atoms with Crippen LogP contribution in [0.5, 0.6) is 11.5 Å². The summed E-state index contributed by atoms with van der Waals surface area (Å²) in [5.74, 6) is 1.88. The molecule has 150 valence electrons. The Morgan fingerprint density at radius 1 is 0.931 bits per heavy atom. The minimum Gasteiger partial charge on any atom is -0.497 e. The molecule has 3 rings (SSSR count). The average molecular weight is 392 g/mol. The van der Waals surface area contributed by atoms with Crippen molar-refractivity contribution in [2.75, 3.05) is 26.1 Å². The second-order valence-electron chi connectivity index (χ2n) is 6.35. The molecule has 0 spiro atoms. The van der Waals surface area contributed by atoms with Crippen LogP contribution < -0.4 is 20.1 Å². The standard InChI is InChI=1S/C22H24N4O3/c1-28-19-8-6-17(7-9-19)13-24-21(27)18-14-25-22(26-15-18)23-11-10-16-4-3-5-20(12-16)29-2/h3-9,12,14-15H,10-11,13H2,1-2H3,(H,24,27)(H,23,25,26). The smallest absolute Gasteiger partial charge is 0.254 e. The molecular formula is C22H24N4O3. The minimum atomic E-state index is -0.219. The number of aromatic nitrogens is 2. The predicted octanol–water partition coefficient (Wildman–Crippen LogP) is 3.08. The molecule has 7 nitrogen and oxygen atoms in total. The van der Waals surface area contributed by atoms with Crippen molar-refractivity contribution in [3.63, 3.8) is 0 Å². The maximum atomic E-state index is 12.3. The van der Waals surface area contributed by atoms with Gasteiger partial charge in [0.1, 0.15) is 11.5 Å². The van der Waals surface area contributed by atoms with E-state index < -0.39 is 0 Å². The normalized spacial score (nSPS) is 10.3. The number of nitrogens with one attached hydrogen (secondary N) is 2. The fourth-order valence-corrected chi connectivity index (χ4v) is 2.71. The number of carbonyl (C=O) groups is 1. The van der Waals surface area contributed by atoms with Gasteiger partial charge < -0.3 is 20.1 Å². The van der Waals surface area contributed by atoms with Gasteiger partial charge in [0.2, 0.25) is 5.95 Å². The van der Waals surface area contributed by atoms with E-state index in [1.165, 1.54) is 12.4 Å². The van der Waals surface area contributed by atoms with Crippen LogP contribution in [0.1, 0.15) is 21.5 Å². The number of amides is 1. The summed E-state index contributed by atoms with van der Waals surface area (Å²) >= 11 is 0. The Bertz CT molecular complexity index is 928. The lowest BCUT2D eigenvalue weighted by atomic mass is 10.1. The number of rotatable bonds is 9. The summed E-state index contributed by atoms with van der Waals surface area (Å²) in [6.45, 7) is 1.10. The molecule has 0 aliphatic rings. The van der Waals surface area contributed by atoms with E-state index in [1.807, 2.05) is 48.5 Å². The third kappa shape index (κ3) is 5.93. The van der Waals surface area contributed by atoms with Crippen LogP contribution in [0.25, 0.3) is 0 Å². The van der Waals surface area contributed by atoms with Crippen LogP contribution in [0.15, 0.2) is 60.9 Å². The number of hydrogen-bond donors (Lipinski definition) is 2. The van der Waals surface area contributed by atoms with Gasteiger partial charge in [-0.2, -0.15) is 0 Å². The first-order valence-corrected chi connectivity index (χ1v) is 9.28. The lowest BCUT2D eigenvalue weighted by Gasteiger charge is -2.08. The molecule has 1 heterocycles. The zero-order valence-corrected chi connectivity index (χ0v) is 16.5. The Kier molecular flexibility index (Phi) is 7.00. The minimum absolute atomic E-state index is 0.219. The van der Waals surface area contributed by atoms with Crippen molar-refractivity contribution in [2.45, 2.75) is 13.0 Å². The van der Waals surface area contributed by atoms with Crippen molar-refractivity contribution in [1.29, 1.82) is 0 Å². The largest absolute Gasteiger partial charge is 0.497 e. The molecule has 0 saturated heterocycles. The van der Waals surface area contributed by atoms with Crippen LogP contribution in [0.3, 0.4) is 0 Å². The molecular weight excluding hydrogens is 368 g/mol. The monoisotopic (exact) mass is 392 g/mol. The number of benzene rings is 2. The highest BCUT2D eigenvalue weighted by Crippen LogP contribution is 2.13. The summed E-state index contributed by atoms with van der Waals surface area (Å²) in [5, 5.41) is 6.01. The number of anilines is 1. The van der Waals surface area contributed by atoms with Gasteiger partial charge in [-0.25, -0.2) is 9.97 Å². The lowest BCUT2D eigenvalue weighted by Crippen LogP contribution is -2.23. The molecule has 7 heteroatoms. The molecule has 0 fully saturated rings. The third-order valence-corrected chi connectivity index (χ3v) is 4.36. The van der Waals surface area contributed by atoms with Crippen molar-refractivity contribution >= 4 is 11.9 Å². The molecule has 0 aliphatic heterocycles. The Hall–Kier alpha value is -3.61. The van der Waals surface area contributed by atoms with Crippen LogP contribution in [0.2, 0.25) is 0 Å². The van der Waals surface area contributed by atoms with E-state index >= 15 is 0 Å². The number of hydrogen-bond acceptors (Lipinski definition) is 6. The van der Waals surface area contributed by atoms with Crippen molar-refractivity contribution in [1.82, 2.24) is 15.3 Å². The first-order valence-electron chi connectivity index (χ1n) is 9.28. The van der Waals surface area contributed by atoms with Crippen molar-refractivity contribution in [3.8, 4) is 11.5 Å². The highest BCUT2D eigenvalue weighted by Gasteiger charge is 2.07. The molecule has 0 atom stereocenters. The summed E-state index contributed by atoms with van der Waals surface area (Å²) in [5.41, 5.74) is 2.55. The van der Waals surface area contributed by atoms with Crippen LogP contribution in [-0.2, 0) is 13.0 Å². The summed E-state index contributed by atoms with van der Waals surface area (Å²) in [6.07, 6.45) is 3.85. The Morgan fingerprint density at radius 2 is 1.66 bits per heavy atom. The van der Waals surface area contributed by atoms with E-state index in [2.05, 4.69) is 20.6 Å². The second kappa shape index (κ2) is 10.1. The van der Waals surface area contributed by atoms with E-state index in [0.717, 1.165) is 29.0 Å². The van der Waals surface area contributed by atoms with Gasteiger partial charge in [0, 0.05) is 25.5 Å². The van der Waals surface area contributed by atoms with Crippen molar-refractivity contribution in [2.24, 2.45) is 0 Å². The number of carbonyl (C=O) groups excluding carboxylic acids is 1. The maximum Gasteiger partial charge on any atom is 0.254 e. The SMILES string of the molecule is COc1ccc(CNC(=O)c2cnc(NCCc3cccc(OC)c3)nc2)cc1.